The number of nitrogens with zero attached hydrogens (tertiary/aromatic N) is 5. The Morgan fingerprint density at radius 2 is 2.04 bits per heavy atom. The van der Waals surface area contributed by atoms with Crippen LogP contribution in [0.1, 0.15) is 30.2 Å². The predicted molar refractivity (Wildman–Crippen MR) is 100 cm³/mol. The highest BCUT2D eigenvalue weighted by Gasteiger charge is 2.19. The third-order valence-electron chi connectivity index (χ3n) is 4.04. The Kier molecular flexibility index (Phi) is 3.73. The van der Waals surface area contributed by atoms with E-state index in [0.717, 1.165) is 21.3 Å². The van der Waals surface area contributed by atoms with Crippen LogP contribution >= 0.6 is 11.3 Å². The number of amides is 1. The Morgan fingerprint density at radius 1 is 1.24 bits per heavy atom. The van der Waals surface area contributed by atoms with E-state index in [-0.39, 0.29) is 11.9 Å². The van der Waals surface area contributed by atoms with Gasteiger partial charge in [-0.15, -0.1) is 0 Å². The number of anilines is 1. The molecular weight excluding hydrogens is 334 g/mol. The van der Waals surface area contributed by atoms with Crippen LogP contribution in [0.2, 0.25) is 0 Å². The second kappa shape index (κ2) is 5.93. The average Bonchev–Trinajstić information content (AvgIpc) is 3.23. The van der Waals surface area contributed by atoms with E-state index in [1.165, 1.54) is 11.3 Å². The van der Waals surface area contributed by atoms with Crippen LogP contribution in [0.25, 0.3) is 21.3 Å². The lowest BCUT2D eigenvalue weighted by Gasteiger charge is -2.13. The van der Waals surface area contributed by atoms with Crippen LogP contribution < -0.4 is 4.90 Å². The SMILES string of the molecule is CC(C)n1ncc2cc(C(=O)N(C)c3nc4ccccc4s3)cnc21. The Morgan fingerprint density at radius 3 is 2.80 bits per heavy atom. The van der Waals surface area contributed by atoms with Crippen molar-refractivity contribution in [3.63, 3.8) is 0 Å². The highest BCUT2D eigenvalue weighted by Crippen LogP contribution is 2.29. The highest BCUT2D eigenvalue weighted by atomic mass is 32.1. The first-order valence-electron chi connectivity index (χ1n) is 8.01. The van der Waals surface area contributed by atoms with Crippen LogP contribution in [-0.2, 0) is 0 Å². The summed E-state index contributed by atoms with van der Waals surface area (Å²) in [6.07, 6.45) is 3.35. The number of carbonyl (C=O) groups is 1. The molecule has 1 amide bonds. The summed E-state index contributed by atoms with van der Waals surface area (Å²) in [5.74, 6) is -0.134. The Balaban J connectivity index is 1.68. The van der Waals surface area contributed by atoms with Gasteiger partial charge in [-0.05, 0) is 32.0 Å². The lowest BCUT2D eigenvalue weighted by molar-refractivity contribution is 0.0993. The van der Waals surface area contributed by atoms with Crippen LogP contribution in [0.5, 0.6) is 0 Å². The summed E-state index contributed by atoms with van der Waals surface area (Å²) in [7, 11) is 1.74. The van der Waals surface area contributed by atoms with Gasteiger partial charge in [-0.2, -0.15) is 5.10 Å². The van der Waals surface area contributed by atoms with Gasteiger partial charge in [-0.3, -0.25) is 9.69 Å². The number of thiazole rings is 1. The van der Waals surface area contributed by atoms with E-state index in [4.69, 9.17) is 0 Å². The smallest absolute Gasteiger partial charge is 0.261 e. The number of aromatic nitrogens is 4. The zero-order valence-corrected chi connectivity index (χ0v) is 15.0. The molecule has 0 fully saturated rings. The Bertz CT molecular complexity index is 1050. The van der Waals surface area contributed by atoms with E-state index in [9.17, 15) is 4.79 Å². The Labute approximate surface area is 148 Å². The normalized spacial score (nSPS) is 11.5. The van der Waals surface area contributed by atoms with Gasteiger partial charge < -0.3 is 0 Å². The van der Waals surface area contributed by atoms with Gasteiger partial charge in [0, 0.05) is 24.7 Å². The molecule has 0 aliphatic carbocycles. The minimum atomic E-state index is -0.134. The largest absolute Gasteiger partial charge is 0.287 e. The van der Waals surface area contributed by atoms with E-state index >= 15 is 0 Å². The molecule has 6 nitrogen and oxygen atoms in total. The summed E-state index contributed by atoms with van der Waals surface area (Å²) in [4.78, 5) is 23.4. The van der Waals surface area contributed by atoms with Crippen molar-refractivity contribution in [1.82, 2.24) is 19.7 Å². The molecule has 0 atom stereocenters. The van der Waals surface area contributed by atoms with Gasteiger partial charge in [-0.1, -0.05) is 23.5 Å². The lowest BCUT2D eigenvalue weighted by atomic mass is 10.2. The molecule has 25 heavy (non-hydrogen) atoms. The molecule has 0 unspecified atom stereocenters. The molecule has 4 aromatic rings. The summed E-state index contributed by atoms with van der Waals surface area (Å²) >= 11 is 1.50. The Hall–Kier alpha value is -2.80. The number of fused-ring (bicyclic) bond motifs is 2. The predicted octanol–water partition coefficient (Wildman–Crippen LogP) is 3.90. The number of benzene rings is 1. The number of rotatable bonds is 3. The van der Waals surface area contributed by atoms with Crippen molar-refractivity contribution in [3.05, 3.63) is 48.3 Å². The average molecular weight is 351 g/mol. The summed E-state index contributed by atoms with van der Waals surface area (Å²) in [6, 6.07) is 9.91. The van der Waals surface area contributed by atoms with Crippen molar-refractivity contribution in [2.24, 2.45) is 0 Å². The summed E-state index contributed by atoms with van der Waals surface area (Å²) in [5, 5.41) is 5.88. The first-order chi connectivity index (χ1) is 12.0. The molecule has 3 heterocycles. The molecule has 0 spiro atoms. The molecular formula is C18H17N5OS. The van der Waals surface area contributed by atoms with Crippen LogP contribution in [0.4, 0.5) is 5.13 Å². The minimum Gasteiger partial charge on any atom is -0.287 e. The van der Waals surface area contributed by atoms with Crippen molar-refractivity contribution in [3.8, 4) is 0 Å². The first-order valence-corrected chi connectivity index (χ1v) is 8.83. The van der Waals surface area contributed by atoms with Gasteiger partial charge in [0.05, 0.1) is 22.0 Å². The van der Waals surface area contributed by atoms with Gasteiger partial charge in [0.15, 0.2) is 10.8 Å². The number of hydrogen-bond donors (Lipinski definition) is 0. The van der Waals surface area contributed by atoms with Crippen molar-refractivity contribution < 1.29 is 4.79 Å². The van der Waals surface area contributed by atoms with E-state index in [1.807, 2.05) is 48.9 Å². The quantitative estimate of drug-likeness (QED) is 0.561. The van der Waals surface area contributed by atoms with Gasteiger partial charge in [0.2, 0.25) is 0 Å². The van der Waals surface area contributed by atoms with E-state index in [1.54, 1.807) is 24.3 Å². The fourth-order valence-electron chi connectivity index (χ4n) is 2.72. The molecule has 0 aliphatic rings. The maximum Gasteiger partial charge on any atom is 0.261 e. The molecule has 0 saturated carbocycles. The minimum absolute atomic E-state index is 0.134. The topological polar surface area (TPSA) is 63.9 Å². The highest BCUT2D eigenvalue weighted by molar-refractivity contribution is 7.22. The molecule has 126 valence electrons. The standard InChI is InChI=1S/C18H17N5OS/c1-11(2)23-16-12(10-20-23)8-13(9-19-16)17(24)22(3)18-21-14-6-4-5-7-15(14)25-18/h4-11H,1-3H3. The number of pyridine rings is 1. The summed E-state index contributed by atoms with van der Waals surface area (Å²) in [5.41, 5.74) is 2.21. The second-order valence-electron chi connectivity index (χ2n) is 6.15. The molecule has 4 rings (SSSR count). The van der Waals surface area contributed by atoms with E-state index in [0.29, 0.717) is 10.7 Å². The van der Waals surface area contributed by atoms with Crippen LogP contribution in [0.3, 0.4) is 0 Å². The number of hydrogen-bond acceptors (Lipinski definition) is 5. The summed E-state index contributed by atoms with van der Waals surface area (Å²) in [6.45, 7) is 4.10. The van der Waals surface area contributed by atoms with E-state index < -0.39 is 0 Å². The number of para-hydroxylation sites is 1. The molecule has 1 aromatic carbocycles. The van der Waals surface area contributed by atoms with Gasteiger partial charge in [-0.25, -0.2) is 14.6 Å². The molecule has 3 aromatic heterocycles. The molecule has 0 N–H and O–H groups in total. The third kappa shape index (κ3) is 2.66. The van der Waals surface area contributed by atoms with Gasteiger partial charge in [0.25, 0.3) is 5.91 Å². The van der Waals surface area contributed by atoms with Crippen molar-refractivity contribution in [1.29, 1.82) is 0 Å². The second-order valence-corrected chi connectivity index (χ2v) is 7.16. The fraction of sp³-hybridized carbons (Fsp3) is 0.222. The van der Waals surface area contributed by atoms with Gasteiger partial charge >= 0.3 is 0 Å². The monoisotopic (exact) mass is 351 g/mol. The van der Waals surface area contributed by atoms with Crippen molar-refractivity contribution in [2.75, 3.05) is 11.9 Å². The van der Waals surface area contributed by atoms with E-state index in [2.05, 4.69) is 15.1 Å². The maximum absolute atomic E-state index is 12.8. The van der Waals surface area contributed by atoms with Crippen molar-refractivity contribution in [2.45, 2.75) is 19.9 Å². The van der Waals surface area contributed by atoms with Gasteiger partial charge in [0.1, 0.15) is 0 Å². The molecule has 0 radical (unpaired) electrons. The molecule has 0 aliphatic heterocycles. The van der Waals surface area contributed by atoms with Crippen LogP contribution in [-0.4, -0.2) is 32.7 Å². The van der Waals surface area contributed by atoms with Crippen LogP contribution in [0.15, 0.2) is 42.7 Å². The zero-order valence-electron chi connectivity index (χ0n) is 14.2. The fourth-order valence-corrected chi connectivity index (χ4v) is 3.64. The molecule has 0 bridgehead atoms. The first kappa shape index (κ1) is 15.7. The summed E-state index contributed by atoms with van der Waals surface area (Å²) < 4.78 is 2.91. The third-order valence-corrected chi connectivity index (χ3v) is 5.16. The van der Waals surface area contributed by atoms with Crippen LogP contribution in [0, 0.1) is 0 Å². The maximum atomic E-state index is 12.8. The lowest BCUT2D eigenvalue weighted by Crippen LogP contribution is -2.26. The zero-order chi connectivity index (χ0) is 17.6. The molecule has 0 saturated heterocycles. The number of carbonyl (C=O) groups excluding carboxylic acids is 1. The van der Waals surface area contributed by atoms with Crippen molar-refractivity contribution >= 4 is 43.6 Å². The molecule has 7 heteroatoms.